The molecule has 2 aromatic heterocycles. The maximum absolute atomic E-state index is 14.3. The van der Waals surface area contributed by atoms with Crippen LogP contribution in [-0.2, 0) is 13.0 Å². The second-order valence-corrected chi connectivity index (χ2v) is 9.77. The molecule has 2 saturated heterocycles. The number of hydrogen-bond donors (Lipinski definition) is 3. The van der Waals surface area contributed by atoms with E-state index in [2.05, 4.69) is 10.3 Å². The molecule has 0 radical (unpaired) electrons. The zero-order chi connectivity index (χ0) is 25.0. The molecular formula is C26H26F3N5O2. The summed E-state index contributed by atoms with van der Waals surface area (Å²) in [5, 5.41) is 13.8. The third-order valence-electron chi connectivity index (χ3n) is 7.42. The van der Waals surface area contributed by atoms with Crippen LogP contribution >= 0.6 is 0 Å². The van der Waals surface area contributed by atoms with E-state index in [1.54, 1.807) is 12.1 Å². The first-order chi connectivity index (χ1) is 17.4. The van der Waals surface area contributed by atoms with E-state index in [-0.39, 0.29) is 25.4 Å². The molecule has 36 heavy (non-hydrogen) atoms. The van der Waals surface area contributed by atoms with Crippen molar-refractivity contribution in [1.82, 2.24) is 24.8 Å². The molecule has 0 spiro atoms. The Labute approximate surface area is 204 Å². The fraction of sp³-hybridized carbons (Fsp3) is 0.385. The topological polar surface area (TPSA) is 86.2 Å². The Kier molecular flexibility index (Phi) is 5.63. The van der Waals surface area contributed by atoms with Gasteiger partial charge in [-0.05, 0) is 61.7 Å². The van der Waals surface area contributed by atoms with Gasteiger partial charge in [-0.25, -0.2) is 22.9 Å². The lowest BCUT2D eigenvalue weighted by atomic mass is 10.00. The van der Waals surface area contributed by atoms with E-state index in [0.29, 0.717) is 29.1 Å². The minimum absolute atomic E-state index is 0.0905. The summed E-state index contributed by atoms with van der Waals surface area (Å²) in [7, 11) is 0. The number of amides is 1. The Balaban J connectivity index is 1.52. The van der Waals surface area contributed by atoms with Gasteiger partial charge >= 0.3 is 6.09 Å². The second kappa shape index (κ2) is 8.85. The first-order valence-corrected chi connectivity index (χ1v) is 12.2. The maximum atomic E-state index is 14.3. The van der Waals surface area contributed by atoms with Gasteiger partial charge in [-0.3, -0.25) is 0 Å². The molecule has 2 fully saturated rings. The lowest BCUT2D eigenvalue weighted by molar-refractivity contribution is 0.138. The molecule has 0 aliphatic carbocycles. The number of likely N-dealkylation sites (tertiary alicyclic amines) is 1. The van der Waals surface area contributed by atoms with Crippen molar-refractivity contribution < 1.29 is 23.1 Å². The van der Waals surface area contributed by atoms with Crippen LogP contribution in [0.4, 0.5) is 18.0 Å². The first-order valence-electron chi connectivity index (χ1n) is 12.2. The summed E-state index contributed by atoms with van der Waals surface area (Å²) in [6.45, 7) is 1.37. The number of hydrogen-bond acceptors (Lipinski definition) is 3. The number of fused-ring (bicyclic) bond motifs is 2. The molecule has 1 amide bonds. The smallest absolute Gasteiger partial charge is 0.407 e. The zero-order valence-corrected chi connectivity index (χ0v) is 19.5. The summed E-state index contributed by atoms with van der Waals surface area (Å²) in [5.41, 5.74) is 3.16. The number of H-pyrrole nitrogens is 1. The van der Waals surface area contributed by atoms with Crippen LogP contribution in [0.3, 0.4) is 0 Å². The number of halogens is 3. The molecule has 0 bridgehead atoms. The molecule has 7 nitrogen and oxygen atoms in total. The van der Waals surface area contributed by atoms with Crippen LogP contribution in [0, 0.1) is 11.6 Å². The van der Waals surface area contributed by atoms with E-state index in [1.807, 2.05) is 4.57 Å². The summed E-state index contributed by atoms with van der Waals surface area (Å²) in [4.78, 5) is 21.0. The minimum atomic E-state index is -1.24. The van der Waals surface area contributed by atoms with Gasteiger partial charge in [-0.2, -0.15) is 0 Å². The van der Waals surface area contributed by atoms with E-state index in [0.717, 1.165) is 40.8 Å². The average Bonchev–Trinajstić information content (AvgIpc) is 3.61. The molecule has 0 saturated carbocycles. The number of aromatic nitrogens is 3. The van der Waals surface area contributed by atoms with E-state index in [4.69, 9.17) is 4.98 Å². The summed E-state index contributed by atoms with van der Waals surface area (Å²) in [6, 6.07) is 8.54. The van der Waals surface area contributed by atoms with E-state index >= 15 is 0 Å². The molecule has 0 unspecified atom stereocenters. The lowest BCUT2D eigenvalue weighted by Crippen LogP contribution is -2.36. The van der Waals surface area contributed by atoms with Crippen LogP contribution in [0.5, 0.6) is 0 Å². The molecular weight excluding hydrogens is 471 g/mol. The predicted octanol–water partition coefficient (Wildman–Crippen LogP) is 4.85. The number of benzene rings is 2. The maximum Gasteiger partial charge on any atom is 0.407 e. The summed E-state index contributed by atoms with van der Waals surface area (Å²) >= 11 is 0. The number of carboxylic acid groups (broad SMARTS) is 1. The molecule has 188 valence electrons. The largest absolute Gasteiger partial charge is 0.465 e. The number of rotatable bonds is 5. The Morgan fingerprint density at radius 2 is 1.97 bits per heavy atom. The SMILES string of the molecule is O=C(O)N1C[C@@H](F)C[C@H]1Cc1c(-c2nc3cc(F)ccc3n2C[C@@H]2CCCN2)[nH]c2cc(F)ccc12. The Hall–Kier alpha value is -3.53. The van der Waals surface area contributed by atoms with E-state index < -0.39 is 29.9 Å². The van der Waals surface area contributed by atoms with Crippen molar-refractivity contribution >= 4 is 28.0 Å². The third kappa shape index (κ3) is 3.99. The molecule has 2 aromatic carbocycles. The van der Waals surface area contributed by atoms with Crippen molar-refractivity contribution in [2.75, 3.05) is 13.1 Å². The number of imidazole rings is 1. The van der Waals surface area contributed by atoms with Crippen molar-refractivity contribution in [2.45, 2.75) is 50.5 Å². The van der Waals surface area contributed by atoms with Gasteiger partial charge in [0.2, 0.25) is 0 Å². The highest BCUT2D eigenvalue weighted by Gasteiger charge is 2.37. The average molecular weight is 498 g/mol. The van der Waals surface area contributed by atoms with Gasteiger partial charge in [0.1, 0.15) is 17.8 Å². The number of alkyl halides is 1. The van der Waals surface area contributed by atoms with Gasteiger partial charge in [0, 0.05) is 42.0 Å². The fourth-order valence-electron chi connectivity index (χ4n) is 5.77. The molecule has 2 aliphatic heterocycles. The number of aromatic amines is 1. The first kappa shape index (κ1) is 22.9. The minimum Gasteiger partial charge on any atom is -0.465 e. The van der Waals surface area contributed by atoms with Crippen molar-refractivity contribution in [3.05, 3.63) is 53.6 Å². The van der Waals surface area contributed by atoms with Crippen LogP contribution in [0.2, 0.25) is 0 Å². The molecule has 3 N–H and O–H groups in total. The zero-order valence-electron chi connectivity index (χ0n) is 19.5. The number of carbonyl (C=O) groups is 1. The normalized spacial score (nSPS) is 22.3. The van der Waals surface area contributed by atoms with Gasteiger partial charge in [0.25, 0.3) is 0 Å². The molecule has 3 atom stereocenters. The Morgan fingerprint density at radius 3 is 2.75 bits per heavy atom. The van der Waals surface area contributed by atoms with Crippen LogP contribution in [-0.4, -0.2) is 62.0 Å². The summed E-state index contributed by atoms with van der Waals surface area (Å²) in [5.74, 6) is -0.245. The van der Waals surface area contributed by atoms with Crippen LogP contribution < -0.4 is 5.32 Å². The van der Waals surface area contributed by atoms with Crippen molar-refractivity contribution in [3.63, 3.8) is 0 Å². The molecule has 10 heteroatoms. The highest BCUT2D eigenvalue weighted by atomic mass is 19.1. The van der Waals surface area contributed by atoms with Crippen LogP contribution in [0.1, 0.15) is 24.8 Å². The predicted molar refractivity (Wildman–Crippen MR) is 130 cm³/mol. The van der Waals surface area contributed by atoms with Crippen molar-refractivity contribution in [2.24, 2.45) is 0 Å². The third-order valence-corrected chi connectivity index (χ3v) is 7.42. The number of nitrogens with zero attached hydrogens (tertiary/aromatic N) is 3. The Bertz CT molecular complexity index is 1460. The van der Waals surface area contributed by atoms with Crippen LogP contribution in [0.25, 0.3) is 33.5 Å². The van der Waals surface area contributed by atoms with E-state index in [9.17, 15) is 23.1 Å². The monoisotopic (exact) mass is 497 g/mol. The highest BCUT2D eigenvalue weighted by Crippen LogP contribution is 2.36. The van der Waals surface area contributed by atoms with Gasteiger partial charge in [0.05, 0.1) is 23.3 Å². The summed E-state index contributed by atoms with van der Waals surface area (Å²) < 4.78 is 44.5. The summed E-state index contributed by atoms with van der Waals surface area (Å²) in [6.07, 6.45) is -0.00517. The standard InChI is InChI=1S/C26H26F3N5O2/c27-14-3-5-19-20(11-18-8-16(29)12-33(18)26(35)36)24(31-21(19)9-14)25-32-22-10-15(28)4-6-23(22)34(25)13-17-2-1-7-30-17/h3-6,9-10,16-18,30-31H,1-2,7-8,11-13H2,(H,35,36)/t16-,17-,18-/m0/s1. The van der Waals surface area contributed by atoms with Gasteiger partial charge in [-0.15, -0.1) is 0 Å². The second-order valence-electron chi connectivity index (χ2n) is 9.77. The van der Waals surface area contributed by atoms with Gasteiger partial charge in [-0.1, -0.05) is 0 Å². The van der Waals surface area contributed by atoms with Gasteiger partial charge in [0.15, 0.2) is 5.82 Å². The molecule has 4 heterocycles. The number of nitrogens with one attached hydrogen (secondary N) is 2. The lowest BCUT2D eigenvalue weighted by Gasteiger charge is -2.21. The Morgan fingerprint density at radius 1 is 1.17 bits per heavy atom. The highest BCUT2D eigenvalue weighted by molar-refractivity contribution is 5.91. The molecule has 6 rings (SSSR count). The quantitative estimate of drug-likeness (QED) is 0.368. The molecule has 2 aliphatic rings. The van der Waals surface area contributed by atoms with Crippen molar-refractivity contribution in [3.8, 4) is 11.5 Å². The van der Waals surface area contributed by atoms with E-state index in [1.165, 1.54) is 24.3 Å². The van der Waals surface area contributed by atoms with Crippen molar-refractivity contribution in [1.29, 1.82) is 0 Å². The van der Waals surface area contributed by atoms with Gasteiger partial charge < -0.3 is 24.9 Å². The molecule has 4 aromatic rings. The van der Waals surface area contributed by atoms with Crippen LogP contribution in [0.15, 0.2) is 36.4 Å². The fourth-order valence-corrected chi connectivity index (χ4v) is 5.77.